The van der Waals surface area contributed by atoms with Gasteiger partial charge in [0.1, 0.15) is 5.75 Å². The van der Waals surface area contributed by atoms with Crippen LogP contribution in [0.15, 0.2) is 18.2 Å². The van der Waals surface area contributed by atoms with Crippen molar-refractivity contribution in [2.75, 3.05) is 13.2 Å². The highest BCUT2D eigenvalue weighted by Crippen LogP contribution is 2.36. The maximum Gasteiger partial charge on any atom is 0.122 e. The van der Waals surface area contributed by atoms with Crippen molar-refractivity contribution >= 4 is 0 Å². The number of fused-ring (bicyclic) bond motifs is 1. The lowest BCUT2D eigenvalue weighted by atomic mass is 10.1. The average Bonchev–Trinajstić information content (AvgIpc) is 2.69. The van der Waals surface area contributed by atoms with E-state index >= 15 is 0 Å². The second-order valence-corrected chi connectivity index (χ2v) is 4.48. The van der Waals surface area contributed by atoms with Crippen LogP contribution < -0.4 is 4.74 Å². The second kappa shape index (κ2) is 4.85. The molecule has 0 aliphatic heterocycles. The van der Waals surface area contributed by atoms with Crippen molar-refractivity contribution in [3.8, 4) is 5.75 Å². The molecule has 3 heteroatoms. The Hall–Kier alpha value is -1.06. The minimum absolute atomic E-state index is 0.137. The van der Waals surface area contributed by atoms with E-state index in [1.807, 2.05) is 25.1 Å². The summed E-state index contributed by atoms with van der Waals surface area (Å²) in [5, 5.41) is 18.7. The molecule has 0 saturated carbocycles. The van der Waals surface area contributed by atoms with Crippen LogP contribution in [-0.4, -0.2) is 23.4 Å². The van der Waals surface area contributed by atoms with Crippen molar-refractivity contribution < 1.29 is 14.9 Å². The van der Waals surface area contributed by atoms with E-state index in [0.29, 0.717) is 6.61 Å². The van der Waals surface area contributed by atoms with Gasteiger partial charge in [-0.1, -0.05) is 19.1 Å². The Morgan fingerprint density at radius 3 is 3.06 bits per heavy atom. The zero-order chi connectivity index (χ0) is 11.5. The van der Waals surface area contributed by atoms with Gasteiger partial charge in [0.05, 0.1) is 12.7 Å². The number of aliphatic hydroxyl groups is 2. The summed E-state index contributed by atoms with van der Waals surface area (Å²) >= 11 is 0. The second-order valence-electron chi connectivity index (χ2n) is 4.48. The molecule has 2 N–H and O–H groups in total. The topological polar surface area (TPSA) is 49.7 Å². The van der Waals surface area contributed by atoms with Crippen LogP contribution in [0, 0.1) is 5.92 Å². The largest absolute Gasteiger partial charge is 0.493 e. The highest BCUT2D eigenvalue weighted by atomic mass is 16.5. The van der Waals surface area contributed by atoms with Crippen molar-refractivity contribution in [1.82, 2.24) is 0 Å². The first-order chi connectivity index (χ1) is 7.72. The summed E-state index contributed by atoms with van der Waals surface area (Å²) in [7, 11) is 0. The van der Waals surface area contributed by atoms with Crippen LogP contribution in [0.1, 0.15) is 30.6 Å². The molecule has 1 aromatic rings. The summed E-state index contributed by atoms with van der Waals surface area (Å²) in [5.41, 5.74) is 2.12. The lowest BCUT2D eigenvalue weighted by Crippen LogP contribution is -2.12. The maximum absolute atomic E-state index is 9.73. The molecule has 1 aromatic carbocycles. The Labute approximate surface area is 95.7 Å². The highest BCUT2D eigenvalue weighted by molar-refractivity contribution is 5.44. The molecule has 0 saturated heterocycles. The van der Waals surface area contributed by atoms with E-state index in [4.69, 9.17) is 9.84 Å². The molecule has 2 rings (SSSR count). The van der Waals surface area contributed by atoms with E-state index in [9.17, 15) is 5.11 Å². The quantitative estimate of drug-likeness (QED) is 0.814. The van der Waals surface area contributed by atoms with Gasteiger partial charge in [0.25, 0.3) is 0 Å². The van der Waals surface area contributed by atoms with Gasteiger partial charge in [0.2, 0.25) is 0 Å². The predicted octanol–water partition coefficient (Wildman–Crippen LogP) is 1.67. The van der Waals surface area contributed by atoms with Crippen molar-refractivity contribution in [1.29, 1.82) is 0 Å². The Bertz CT molecular complexity index is 362. The van der Waals surface area contributed by atoms with Crippen LogP contribution in [0.2, 0.25) is 0 Å². The molecule has 0 amide bonds. The molecule has 16 heavy (non-hydrogen) atoms. The molecular weight excluding hydrogens is 204 g/mol. The number of benzene rings is 1. The van der Waals surface area contributed by atoms with E-state index in [2.05, 4.69) is 0 Å². The Kier molecular flexibility index (Phi) is 3.46. The van der Waals surface area contributed by atoms with E-state index < -0.39 is 0 Å². The summed E-state index contributed by atoms with van der Waals surface area (Å²) in [6.45, 7) is 2.60. The van der Waals surface area contributed by atoms with Gasteiger partial charge in [-0.3, -0.25) is 0 Å². The zero-order valence-electron chi connectivity index (χ0n) is 9.52. The van der Waals surface area contributed by atoms with Crippen molar-refractivity contribution in [2.45, 2.75) is 25.9 Å². The van der Waals surface area contributed by atoms with Gasteiger partial charge in [-0.2, -0.15) is 0 Å². The molecule has 0 aromatic heterocycles. The third-order valence-electron chi connectivity index (χ3n) is 3.03. The molecule has 88 valence electrons. The molecule has 0 fully saturated rings. The van der Waals surface area contributed by atoms with Gasteiger partial charge in [-0.25, -0.2) is 0 Å². The highest BCUT2D eigenvalue weighted by Gasteiger charge is 2.23. The Balaban J connectivity index is 2.11. The lowest BCUT2D eigenvalue weighted by Gasteiger charge is -2.13. The van der Waals surface area contributed by atoms with Crippen LogP contribution in [0.5, 0.6) is 5.75 Å². The average molecular weight is 222 g/mol. The molecule has 1 aliphatic rings. The fraction of sp³-hybridized carbons (Fsp3) is 0.538. The fourth-order valence-electron chi connectivity index (χ4n) is 2.02. The first-order valence-corrected chi connectivity index (χ1v) is 5.76. The molecular formula is C13H18O3. The summed E-state index contributed by atoms with van der Waals surface area (Å²) in [6.07, 6.45) is 1.32. The molecule has 2 unspecified atom stereocenters. The standard InChI is InChI=1S/C13H18O3/c1-9(7-14)8-16-13-4-2-3-10-11(13)5-6-12(10)15/h2-4,9,12,14-15H,5-8H2,1H3. The number of hydrogen-bond acceptors (Lipinski definition) is 3. The Morgan fingerprint density at radius 2 is 2.31 bits per heavy atom. The summed E-state index contributed by atoms with van der Waals surface area (Å²) in [6, 6.07) is 5.79. The first kappa shape index (κ1) is 11.4. The third kappa shape index (κ3) is 2.20. The third-order valence-corrected chi connectivity index (χ3v) is 3.03. The van der Waals surface area contributed by atoms with Gasteiger partial charge in [-0.15, -0.1) is 0 Å². The minimum Gasteiger partial charge on any atom is -0.493 e. The number of rotatable bonds is 4. The first-order valence-electron chi connectivity index (χ1n) is 5.76. The molecule has 0 spiro atoms. The molecule has 2 atom stereocenters. The number of aliphatic hydroxyl groups excluding tert-OH is 2. The molecule has 3 nitrogen and oxygen atoms in total. The molecule has 0 radical (unpaired) electrons. The SMILES string of the molecule is CC(CO)COc1cccc2c1CCC2O. The van der Waals surface area contributed by atoms with Gasteiger partial charge in [0.15, 0.2) is 0 Å². The monoisotopic (exact) mass is 222 g/mol. The number of hydrogen-bond donors (Lipinski definition) is 2. The van der Waals surface area contributed by atoms with Crippen molar-refractivity contribution in [3.63, 3.8) is 0 Å². The van der Waals surface area contributed by atoms with Crippen LogP contribution in [0.4, 0.5) is 0 Å². The minimum atomic E-state index is -0.339. The summed E-state index contributed by atoms with van der Waals surface area (Å²) in [4.78, 5) is 0. The van der Waals surface area contributed by atoms with E-state index in [-0.39, 0.29) is 18.6 Å². The van der Waals surface area contributed by atoms with Gasteiger partial charge in [-0.05, 0) is 24.5 Å². The van der Waals surface area contributed by atoms with Crippen molar-refractivity contribution in [3.05, 3.63) is 29.3 Å². The fourth-order valence-corrected chi connectivity index (χ4v) is 2.02. The maximum atomic E-state index is 9.73. The van der Waals surface area contributed by atoms with Gasteiger partial charge in [0, 0.05) is 18.1 Å². The lowest BCUT2D eigenvalue weighted by molar-refractivity contribution is 0.173. The van der Waals surface area contributed by atoms with Crippen LogP contribution in [-0.2, 0) is 6.42 Å². The number of ether oxygens (including phenoxy) is 1. The zero-order valence-corrected chi connectivity index (χ0v) is 9.52. The van der Waals surface area contributed by atoms with E-state index in [1.54, 1.807) is 0 Å². The van der Waals surface area contributed by atoms with Gasteiger partial charge < -0.3 is 14.9 Å². The Morgan fingerprint density at radius 1 is 1.50 bits per heavy atom. The smallest absolute Gasteiger partial charge is 0.122 e. The van der Waals surface area contributed by atoms with Crippen LogP contribution >= 0.6 is 0 Å². The van der Waals surface area contributed by atoms with E-state index in [1.165, 1.54) is 0 Å². The normalized spacial score (nSPS) is 20.6. The van der Waals surface area contributed by atoms with Crippen LogP contribution in [0.25, 0.3) is 0 Å². The van der Waals surface area contributed by atoms with Crippen LogP contribution in [0.3, 0.4) is 0 Å². The van der Waals surface area contributed by atoms with Gasteiger partial charge >= 0.3 is 0 Å². The summed E-state index contributed by atoms with van der Waals surface area (Å²) in [5.74, 6) is 0.997. The molecule has 0 heterocycles. The van der Waals surface area contributed by atoms with E-state index in [0.717, 1.165) is 29.7 Å². The van der Waals surface area contributed by atoms with Crippen molar-refractivity contribution in [2.24, 2.45) is 5.92 Å². The molecule has 1 aliphatic carbocycles. The molecule has 0 bridgehead atoms. The predicted molar refractivity (Wildman–Crippen MR) is 61.5 cm³/mol. The summed E-state index contributed by atoms with van der Waals surface area (Å²) < 4.78 is 5.68.